The Kier molecular flexibility index (Phi) is 7.10. The molecule has 6 heteroatoms. The number of carbonyl (C=O) groups is 1. The summed E-state index contributed by atoms with van der Waals surface area (Å²) in [6.45, 7) is 6.51. The summed E-state index contributed by atoms with van der Waals surface area (Å²) in [4.78, 5) is 17.8. The Labute approximate surface area is 150 Å². The van der Waals surface area contributed by atoms with Crippen molar-refractivity contribution < 1.29 is 9.53 Å². The zero-order chi connectivity index (χ0) is 18.2. The molecular formula is C19H30N4O2. The number of ether oxygens (including phenoxy) is 1. The zero-order valence-electron chi connectivity index (χ0n) is 15.5. The third-order valence-corrected chi connectivity index (χ3v) is 4.39. The smallest absolute Gasteiger partial charge is 0.217 e. The molecule has 0 radical (unpaired) electrons. The first-order valence-corrected chi connectivity index (χ1v) is 8.95. The second kappa shape index (κ2) is 9.30. The molecule has 1 heterocycles. The van der Waals surface area contributed by atoms with Gasteiger partial charge in [0.25, 0.3) is 0 Å². The van der Waals surface area contributed by atoms with Gasteiger partial charge in [-0.05, 0) is 50.3 Å². The average molecular weight is 346 g/mol. The average Bonchev–Trinajstić information content (AvgIpc) is 2.55. The molecule has 0 aromatic heterocycles. The fraction of sp³-hybridized carbons (Fsp3) is 0.579. The fourth-order valence-electron chi connectivity index (χ4n) is 3.24. The van der Waals surface area contributed by atoms with Crippen LogP contribution in [-0.4, -0.2) is 49.6 Å². The molecule has 1 amide bonds. The van der Waals surface area contributed by atoms with Crippen molar-refractivity contribution in [1.29, 1.82) is 0 Å². The van der Waals surface area contributed by atoms with Crippen LogP contribution in [0.1, 0.15) is 31.7 Å². The number of nitrogens with zero attached hydrogens (tertiary/aromatic N) is 2. The van der Waals surface area contributed by atoms with E-state index in [0.717, 1.165) is 37.6 Å². The molecular weight excluding hydrogens is 316 g/mol. The maximum Gasteiger partial charge on any atom is 0.217 e. The lowest BCUT2D eigenvalue weighted by Crippen LogP contribution is -2.49. The third kappa shape index (κ3) is 6.29. The number of benzene rings is 1. The predicted molar refractivity (Wildman–Crippen MR) is 101 cm³/mol. The lowest BCUT2D eigenvalue weighted by Gasteiger charge is -2.35. The van der Waals surface area contributed by atoms with Gasteiger partial charge in [0, 0.05) is 26.6 Å². The Morgan fingerprint density at radius 3 is 3.00 bits per heavy atom. The first kappa shape index (κ1) is 19.1. The molecule has 0 aliphatic carbocycles. The number of hydrogen-bond acceptors (Lipinski definition) is 3. The number of primary amides is 1. The molecule has 1 aromatic rings. The molecule has 2 rings (SSSR count). The van der Waals surface area contributed by atoms with Gasteiger partial charge in [0.15, 0.2) is 5.96 Å². The summed E-state index contributed by atoms with van der Waals surface area (Å²) in [6, 6.07) is 8.05. The van der Waals surface area contributed by atoms with Crippen molar-refractivity contribution in [2.45, 2.75) is 39.2 Å². The van der Waals surface area contributed by atoms with Gasteiger partial charge in [0.2, 0.25) is 5.91 Å². The minimum atomic E-state index is -0.227. The summed E-state index contributed by atoms with van der Waals surface area (Å²) >= 11 is 0. The Hall–Kier alpha value is -2.24. The van der Waals surface area contributed by atoms with Crippen LogP contribution < -0.4 is 15.8 Å². The van der Waals surface area contributed by atoms with Gasteiger partial charge in [-0.3, -0.25) is 9.79 Å². The number of nitrogens with two attached hydrogens (primary N) is 1. The van der Waals surface area contributed by atoms with Crippen LogP contribution in [0.4, 0.5) is 0 Å². The Balaban J connectivity index is 1.84. The highest BCUT2D eigenvalue weighted by Gasteiger charge is 2.23. The van der Waals surface area contributed by atoms with Crippen LogP contribution >= 0.6 is 0 Å². The van der Waals surface area contributed by atoms with Gasteiger partial charge in [-0.2, -0.15) is 0 Å². The number of aryl methyl sites for hydroxylation is 1. The number of aliphatic imine (C=N–C) groups is 1. The van der Waals surface area contributed by atoms with E-state index in [1.54, 1.807) is 7.05 Å². The van der Waals surface area contributed by atoms with Gasteiger partial charge in [0.05, 0.1) is 6.54 Å². The van der Waals surface area contributed by atoms with Crippen LogP contribution in [0, 0.1) is 12.8 Å². The van der Waals surface area contributed by atoms with E-state index in [1.807, 2.05) is 25.1 Å². The van der Waals surface area contributed by atoms with Gasteiger partial charge in [-0.25, -0.2) is 0 Å². The van der Waals surface area contributed by atoms with Gasteiger partial charge in [-0.1, -0.05) is 12.1 Å². The fourth-order valence-corrected chi connectivity index (χ4v) is 3.24. The summed E-state index contributed by atoms with van der Waals surface area (Å²) in [5, 5.41) is 3.38. The van der Waals surface area contributed by atoms with Gasteiger partial charge >= 0.3 is 0 Å². The van der Waals surface area contributed by atoms with E-state index >= 15 is 0 Å². The van der Waals surface area contributed by atoms with E-state index in [-0.39, 0.29) is 12.0 Å². The number of nitrogens with one attached hydrogen (secondary N) is 1. The zero-order valence-corrected chi connectivity index (χ0v) is 15.5. The quantitative estimate of drug-likeness (QED) is 0.609. The van der Waals surface area contributed by atoms with Crippen LogP contribution in [0.3, 0.4) is 0 Å². The van der Waals surface area contributed by atoms with Crippen LogP contribution in [-0.2, 0) is 4.79 Å². The number of piperidine rings is 1. The standard InChI is InChI=1S/C19H30N4O2/c1-14-6-4-8-17(10-14)25-15(2)12-22-19(21-3)23-9-5-7-16(13-23)11-18(20)24/h4,6,8,10,15-16H,5,7,9,11-13H2,1-3H3,(H2,20,24)(H,21,22). The Morgan fingerprint density at radius 1 is 1.52 bits per heavy atom. The maximum absolute atomic E-state index is 11.2. The number of guanidine groups is 1. The number of hydrogen-bond donors (Lipinski definition) is 2. The SMILES string of the molecule is CN=C(NCC(C)Oc1cccc(C)c1)N1CCCC(CC(N)=O)C1. The monoisotopic (exact) mass is 346 g/mol. The molecule has 1 saturated heterocycles. The molecule has 6 nitrogen and oxygen atoms in total. The molecule has 1 aromatic carbocycles. The summed E-state index contributed by atoms with van der Waals surface area (Å²) in [5.74, 6) is 1.82. The highest BCUT2D eigenvalue weighted by atomic mass is 16.5. The minimum absolute atomic E-state index is 0.0183. The van der Waals surface area contributed by atoms with E-state index in [0.29, 0.717) is 18.9 Å². The van der Waals surface area contributed by atoms with E-state index < -0.39 is 0 Å². The van der Waals surface area contributed by atoms with Crippen molar-refractivity contribution in [3.63, 3.8) is 0 Å². The molecule has 1 fully saturated rings. The van der Waals surface area contributed by atoms with Crippen LogP contribution in [0.25, 0.3) is 0 Å². The second-order valence-electron chi connectivity index (χ2n) is 6.80. The number of amides is 1. The van der Waals surface area contributed by atoms with Gasteiger partial charge in [0.1, 0.15) is 11.9 Å². The Bertz CT molecular complexity index is 603. The van der Waals surface area contributed by atoms with Crippen LogP contribution in [0.2, 0.25) is 0 Å². The molecule has 0 saturated carbocycles. The maximum atomic E-state index is 11.2. The summed E-state index contributed by atoms with van der Waals surface area (Å²) in [5.41, 5.74) is 6.52. The van der Waals surface area contributed by atoms with Crippen LogP contribution in [0.5, 0.6) is 5.75 Å². The van der Waals surface area contributed by atoms with Crippen molar-refractivity contribution >= 4 is 11.9 Å². The normalized spacial score (nSPS) is 19.4. The summed E-state index contributed by atoms with van der Waals surface area (Å²) in [7, 11) is 1.78. The first-order chi connectivity index (χ1) is 12.0. The molecule has 3 N–H and O–H groups in total. The van der Waals surface area contributed by atoms with Crippen molar-refractivity contribution in [2.75, 3.05) is 26.7 Å². The molecule has 1 aliphatic heterocycles. The predicted octanol–water partition coefficient (Wildman–Crippen LogP) is 1.93. The van der Waals surface area contributed by atoms with E-state index in [9.17, 15) is 4.79 Å². The first-order valence-electron chi connectivity index (χ1n) is 8.95. The summed E-state index contributed by atoms with van der Waals surface area (Å²) in [6.07, 6.45) is 2.56. The Morgan fingerprint density at radius 2 is 2.32 bits per heavy atom. The molecule has 25 heavy (non-hydrogen) atoms. The highest BCUT2D eigenvalue weighted by Crippen LogP contribution is 2.19. The molecule has 0 spiro atoms. The lowest BCUT2D eigenvalue weighted by atomic mass is 9.95. The highest BCUT2D eigenvalue weighted by molar-refractivity contribution is 5.80. The van der Waals surface area contributed by atoms with Gasteiger partial charge < -0.3 is 20.7 Å². The molecule has 0 bridgehead atoms. The van der Waals surface area contributed by atoms with Crippen molar-refractivity contribution in [2.24, 2.45) is 16.6 Å². The minimum Gasteiger partial charge on any atom is -0.489 e. The van der Waals surface area contributed by atoms with Crippen molar-refractivity contribution in [3.8, 4) is 5.75 Å². The van der Waals surface area contributed by atoms with Crippen LogP contribution in [0.15, 0.2) is 29.3 Å². The largest absolute Gasteiger partial charge is 0.489 e. The third-order valence-electron chi connectivity index (χ3n) is 4.39. The van der Waals surface area contributed by atoms with E-state index in [4.69, 9.17) is 10.5 Å². The van der Waals surface area contributed by atoms with Crippen molar-refractivity contribution in [1.82, 2.24) is 10.2 Å². The van der Waals surface area contributed by atoms with E-state index in [1.165, 1.54) is 5.56 Å². The number of rotatable bonds is 6. The molecule has 138 valence electrons. The lowest BCUT2D eigenvalue weighted by molar-refractivity contribution is -0.119. The number of carbonyl (C=O) groups excluding carboxylic acids is 1. The molecule has 1 aliphatic rings. The molecule has 2 atom stereocenters. The van der Waals surface area contributed by atoms with E-state index in [2.05, 4.69) is 28.2 Å². The number of likely N-dealkylation sites (tertiary alicyclic amines) is 1. The molecule has 2 unspecified atom stereocenters. The second-order valence-corrected chi connectivity index (χ2v) is 6.80. The van der Waals surface area contributed by atoms with Crippen molar-refractivity contribution in [3.05, 3.63) is 29.8 Å². The topological polar surface area (TPSA) is 80.0 Å². The summed E-state index contributed by atoms with van der Waals surface area (Å²) < 4.78 is 5.95. The van der Waals surface area contributed by atoms with Gasteiger partial charge in [-0.15, -0.1) is 0 Å².